The summed E-state index contributed by atoms with van der Waals surface area (Å²) in [5, 5.41) is 0. The fourth-order valence-electron chi connectivity index (χ4n) is 6.36. The molecule has 3 nitrogen and oxygen atoms in total. The maximum atomic E-state index is 14.0. The number of alkyl halides is 1. The second-order valence-electron chi connectivity index (χ2n) is 8.58. The number of esters is 1. The number of carbonyl (C=O) groups is 2. The van der Waals surface area contributed by atoms with Crippen molar-refractivity contribution in [1.29, 1.82) is 0 Å². The largest absolute Gasteiger partial charge is 0.462 e. The number of carbonyl (C=O) groups excluding carboxylic acids is 2. The second-order valence-corrected chi connectivity index (χ2v) is 8.58. The molecule has 0 radical (unpaired) electrons. The van der Waals surface area contributed by atoms with Crippen LogP contribution in [-0.4, -0.2) is 24.0 Å². The van der Waals surface area contributed by atoms with E-state index in [1.54, 1.807) is 0 Å². The van der Waals surface area contributed by atoms with Gasteiger partial charge >= 0.3 is 5.97 Å². The molecule has 0 unspecified atom stereocenters. The predicted molar refractivity (Wildman–Crippen MR) is 88.0 cm³/mol. The van der Waals surface area contributed by atoms with Gasteiger partial charge < -0.3 is 4.74 Å². The molecule has 24 heavy (non-hydrogen) atoms. The molecule has 2 saturated carbocycles. The van der Waals surface area contributed by atoms with Crippen LogP contribution >= 0.6 is 0 Å². The first-order valence-corrected chi connectivity index (χ1v) is 9.45. The van der Waals surface area contributed by atoms with E-state index in [1.807, 2.05) is 0 Å². The Morgan fingerprint density at radius 2 is 2.04 bits per heavy atom. The summed E-state index contributed by atoms with van der Waals surface area (Å²) in [6.45, 7) is 3.79. The van der Waals surface area contributed by atoms with Crippen molar-refractivity contribution in [1.82, 2.24) is 0 Å². The van der Waals surface area contributed by atoms with Gasteiger partial charge in [0.2, 0.25) is 0 Å². The molecule has 0 amide bonds. The minimum Gasteiger partial charge on any atom is -0.462 e. The zero-order chi connectivity index (χ0) is 17.1. The Kier molecular flexibility index (Phi) is 3.85. The number of fused-ring (bicyclic) bond motifs is 4. The van der Waals surface area contributed by atoms with E-state index in [2.05, 4.69) is 6.92 Å². The predicted octanol–water partition coefficient (Wildman–Crippen LogP) is 4.15. The van der Waals surface area contributed by atoms with E-state index in [-0.39, 0.29) is 23.3 Å². The number of halogens is 1. The van der Waals surface area contributed by atoms with Crippen LogP contribution in [-0.2, 0) is 14.3 Å². The van der Waals surface area contributed by atoms with Crippen molar-refractivity contribution < 1.29 is 18.7 Å². The van der Waals surface area contributed by atoms with Gasteiger partial charge in [-0.25, -0.2) is 4.39 Å². The third-order valence-electron chi connectivity index (χ3n) is 7.48. The molecule has 0 aromatic heterocycles. The lowest BCUT2D eigenvalue weighted by Gasteiger charge is -2.51. The first-order valence-electron chi connectivity index (χ1n) is 9.45. The molecule has 0 aliphatic heterocycles. The SMILES string of the molecule is CC(=O)O[C@H]1CC[C@H]2[C@@H]3CCC4=C(C[C@@H](F)C(=O)C4)[C@H]3CC[C@]12C. The van der Waals surface area contributed by atoms with Gasteiger partial charge in [0.1, 0.15) is 6.10 Å². The molecule has 2 fully saturated rings. The number of Topliss-reactive ketones (excluding diaryl/α,β-unsaturated/α-hetero) is 1. The van der Waals surface area contributed by atoms with E-state index in [4.69, 9.17) is 4.74 Å². The molecule has 0 aromatic rings. The zero-order valence-electron chi connectivity index (χ0n) is 14.6. The monoisotopic (exact) mass is 334 g/mol. The van der Waals surface area contributed by atoms with Gasteiger partial charge in [-0.15, -0.1) is 0 Å². The average molecular weight is 334 g/mol. The van der Waals surface area contributed by atoms with Crippen LogP contribution in [0.3, 0.4) is 0 Å². The molecular formula is C20H27FO3. The van der Waals surface area contributed by atoms with Gasteiger partial charge in [-0.3, -0.25) is 9.59 Å². The van der Waals surface area contributed by atoms with E-state index >= 15 is 0 Å². The van der Waals surface area contributed by atoms with Crippen LogP contribution in [0.25, 0.3) is 0 Å². The Hall–Kier alpha value is -1.19. The van der Waals surface area contributed by atoms with E-state index in [1.165, 1.54) is 18.1 Å². The van der Waals surface area contributed by atoms with E-state index in [0.717, 1.165) is 38.5 Å². The minimum atomic E-state index is -1.28. The molecule has 132 valence electrons. The fraction of sp³-hybridized carbons (Fsp3) is 0.800. The third-order valence-corrected chi connectivity index (χ3v) is 7.48. The number of rotatable bonds is 1. The highest BCUT2D eigenvalue weighted by Crippen LogP contribution is 2.61. The summed E-state index contributed by atoms with van der Waals surface area (Å²) in [5.74, 6) is 1.19. The molecule has 0 heterocycles. The molecule has 0 N–H and O–H groups in total. The topological polar surface area (TPSA) is 43.4 Å². The zero-order valence-corrected chi connectivity index (χ0v) is 14.6. The molecular weight excluding hydrogens is 307 g/mol. The van der Waals surface area contributed by atoms with Crippen molar-refractivity contribution in [2.24, 2.45) is 23.2 Å². The van der Waals surface area contributed by atoms with Crippen LogP contribution in [0.1, 0.15) is 65.2 Å². The van der Waals surface area contributed by atoms with Crippen LogP contribution < -0.4 is 0 Å². The number of ether oxygens (including phenoxy) is 1. The van der Waals surface area contributed by atoms with Crippen molar-refractivity contribution in [2.75, 3.05) is 0 Å². The summed E-state index contributed by atoms with van der Waals surface area (Å²) in [4.78, 5) is 23.2. The lowest BCUT2D eigenvalue weighted by Crippen LogP contribution is -2.46. The normalized spacial score (nSPS) is 44.6. The van der Waals surface area contributed by atoms with Gasteiger partial charge in [0.15, 0.2) is 12.0 Å². The molecule has 4 heteroatoms. The van der Waals surface area contributed by atoms with Crippen molar-refractivity contribution in [3.05, 3.63) is 11.1 Å². The number of hydrogen-bond donors (Lipinski definition) is 0. The summed E-state index contributed by atoms with van der Waals surface area (Å²) in [5.41, 5.74) is 2.59. The molecule has 0 bridgehead atoms. The molecule has 4 aliphatic carbocycles. The molecule has 0 aromatic carbocycles. The van der Waals surface area contributed by atoms with Crippen molar-refractivity contribution in [3.8, 4) is 0 Å². The lowest BCUT2D eigenvalue weighted by molar-refractivity contribution is -0.155. The summed E-state index contributed by atoms with van der Waals surface area (Å²) >= 11 is 0. The number of hydrogen-bond acceptors (Lipinski definition) is 3. The Balaban J connectivity index is 1.59. The maximum Gasteiger partial charge on any atom is 0.302 e. The third kappa shape index (κ3) is 2.36. The Labute approximate surface area is 143 Å². The average Bonchev–Trinajstić information content (AvgIpc) is 2.85. The summed E-state index contributed by atoms with van der Waals surface area (Å²) in [7, 11) is 0. The molecule has 6 atom stereocenters. The van der Waals surface area contributed by atoms with Gasteiger partial charge in [-0.1, -0.05) is 18.1 Å². The quantitative estimate of drug-likeness (QED) is 0.534. The fourth-order valence-corrected chi connectivity index (χ4v) is 6.36. The first-order chi connectivity index (χ1) is 11.4. The van der Waals surface area contributed by atoms with Crippen LogP contribution in [0.4, 0.5) is 4.39 Å². The molecule has 0 saturated heterocycles. The lowest BCUT2D eigenvalue weighted by atomic mass is 9.54. The Morgan fingerprint density at radius 1 is 1.25 bits per heavy atom. The Bertz CT molecular complexity index is 610. The highest BCUT2D eigenvalue weighted by atomic mass is 19.1. The summed E-state index contributed by atoms with van der Waals surface area (Å²) < 4.78 is 19.7. The molecule has 4 rings (SSSR count). The number of ketones is 1. The van der Waals surface area contributed by atoms with Crippen LogP contribution in [0.2, 0.25) is 0 Å². The standard InChI is InChI=1S/C20H27FO3/c1-11(22)24-19-6-5-16-14-4-3-12-9-18(23)17(21)10-15(12)13(14)7-8-20(16,19)2/h13-14,16-17,19H,3-10H2,1-2H3/t13-,14+,16-,17+,19-,20-/m0/s1. The van der Waals surface area contributed by atoms with E-state index in [9.17, 15) is 14.0 Å². The Morgan fingerprint density at radius 3 is 2.79 bits per heavy atom. The highest BCUT2D eigenvalue weighted by molar-refractivity contribution is 5.87. The van der Waals surface area contributed by atoms with E-state index in [0.29, 0.717) is 30.6 Å². The second kappa shape index (κ2) is 5.67. The van der Waals surface area contributed by atoms with Crippen molar-refractivity contribution >= 4 is 11.8 Å². The first kappa shape index (κ1) is 16.3. The molecule has 4 aliphatic rings. The van der Waals surface area contributed by atoms with E-state index < -0.39 is 6.17 Å². The maximum absolute atomic E-state index is 14.0. The van der Waals surface area contributed by atoms with Gasteiger partial charge in [0, 0.05) is 25.2 Å². The smallest absolute Gasteiger partial charge is 0.302 e. The van der Waals surface area contributed by atoms with Crippen LogP contribution in [0.5, 0.6) is 0 Å². The number of allylic oxidation sites excluding steroid dienone is 2. The highest BCUT2D eigenvalue weighted by Gasteiger charge is 2.56. The van der Waals surface area contributed by atoms with Crippen LogP contribution in [0.15, 0.2) is 11.1 Å². The molecule has 0 spiro atoms. The summed E-state index contributed by atoms with van der Waals surface area (Å²) in [6, 6.07) is 0. The van der Waals surface area contributed by atoms with Gasteiger partial charge in [-0.05, 0) is 56.3 Å². The van der Waals surface area contributed by atoms with Crippen molar-refractivity contribution in [2.45, 2.75) is 77.5 Å². The van der Waals surface area contributed by atoms with Crippen LogP contribution in [0, 0.1) is 23.2 Å². The summed E-state index contributed by atoms with van der Waals surface area (Å²) in [6.07, 6.45) is 5.67. The van der Waals surface area contributed by atoms with Gasteiger partial charge in [0.25, 0.3) is 0 Å². The van der Waals surface area contributed by atoms with Gasteiger partial charge in [0.05, 0.1) is 0 Å². The van der Waals surface area contributed by atoms with Gasteiger partial charge in [-0.2, -0.15) is 0 Å². The van der Waals surface area contributed by atoms with Crippen molar-refractivity contribution in [3.63, 3.8) is 0 Å². The minimum absolute atomic E-state index is 0.0400.